The molecule has 0 aromatic carbocycles. The van der Waals surface area contributed by atoms with E-state index in [-0.39, 0.29) is 0 Å². The highest BCUT2D eigenvalue weighted by Crippen LogP contribution is 2.33. The Hall–Kier alpha value is -0.0400. The summed E-state index contributed by atoms with van der Waals surface area (Å²) in [5.74, 6) is 1.80. The molecule has 0 aromatic heterocycles. The van der Waals surface area contributed by atoms with Crippen LogP contribution < -0.4 is 0 Å². The van der Waals surface area contributed by atoms with Gasteiger partial charge in [-0.25, -0.2) is 0 Å². The molecule has 0 radical (unpaired) electrons. The minimum Gasteiger partial charge on any atom is -0.309 e. The zero-order valence-corrected chi connectivity index (χ0v) is 13.3. The number of hydrogen-bond acceptors (Lipinski definition) is 1. The molecule has 0 saturated carbocycles. The lowest BCUT2D eigenvalue weighted by molar-refractivity contribution is 0.211. The standard InChI is InChI=1S/C16H35N/c1-8-10-15(11-9-12-17(6)7)14(2)13-16(3,4)5/h14-15H,8-13H2,1-7H3. The monoisotopic (exact) mass is 241 g/mol. The quantitative estimate of drug-likeness (QED) is 0.589. The molecule has 0 aliphatic heterocycles. The summed E-state index contributed by atoms with van der Waals surface area (Å²) in [7, 11) is 4.35. The van der Waals surface area contributed by atoms with Crippen molar-refractivity contribution in [2.75, 3.05) is 20.6 Å². The third-order valence-electron chi connectivity index (χ3n) is 3.58. The molecule has 2 unspecified atom stereocenters. The van der Waals surface area contributed by atoms with Crippen LogP contribution in [0.25, 0.3) is 0 Å². The lowest BCUT2D eigenvalue weighted by atomic mass is 9.76. The average Bonchev–Trinajstić information content (AvgIpc) is 2.13. The van der Waals surface area contributed by atoms with Gasteiger partial charge in [0.15, 0.2) is 0 Å². The van der Waals surface area contributed by atoms with Gasteiger partial charge >= 0.3 is 0 Å². The first-order valence-electron chi connectivity index (χ1n) is 7.41. The maximum Gasteiger partial charge on any atom is -0.00247 e. The zero-order valence-electron chi connectivity index (χ0n) is 13.3. The van der Waals surface area contributed by atoms with Crippen molar-refractivity contribution in [3.05, 3.63) is 0 Å². The van der Waals surface area contributed by atoms with Crippen LogP contribution in [0.1, 0.15) is 66.7 Å². The lowest BCUT2D eigenvalue weighted by Gasteiger charge is -2.30. The van der Waals surface area contributed by atoms with E-state index in [2.05, 4.69) is 53.6 Å². The van der Waals surface area contributed by atoms with Gasteiger partial charge in [-0.3, -0.25) is 0 Å². The molecule has 0 fully saturated rings. The third kappa shape index (κ3) is 9.64. The van der Waals surface area contributed by atoms with Crippen molar-refractivity contribution < 1.29 is 0 Å². The maximum atomic E-state index is 2.46. The van der Waals surface area contributed by atoms with Gasteiger partial charge < -0.3 is 4.90 Å². The van der Waals surface area contributed by atoms with Crippen LogP contribution in [0.5, 0.6) is 0 Å². The van der Waals surface area contributed by atoms with E-state index in [0.717, 1.165) is 11.8 Å². The SMILES string of the molecule is CCCC(CCCN(C)C)C(C)CC(C)(C)C. The third-order valence-corrected chi connectivity index (χ3v) is 3.58. The molecule has 0 amide bonds. The topological polar surface area (TPSA) is 3.24 Å². The first-order valence-corrected chi connectivity index (χ1v) is 7.41. The average molecular weight is 241 g/mol. The summed E-state index contributed by atoms with van der Waals surface area (Å²) in [5, 5.41) is 0. The predicted octanol–water partition coefficient (Wildman–Crippen LogP) is 4.82. The molecule has 0 aromatic rings. The van der Waals surface area contributed by atoms with E-state index in [0.29, 0.717) is 5.41 Å². The second kappa shape index (κ2) is 8.13. The number of rotatable bonds is 8. The highest BCUT2D eigenvalue weighted by atomic mass is 15.0. The molecule has 1 heteroatoms. The van der Waals surface area contributed by atoms with E-state index in [1.807, 2.05) is 0 Å². The molecule has 1 nitrogen and oxygen atoms in total. The molecular weight excluding hydrogens is 206 g/mol. The fourth-order valence-corrected chi connectivity index (χ4v) is 2.89. The first-order chi connectivity index (χ1) is 7.76. The Morgan fingerprint density at radius 1 is 1.06 bits per heavy atom. The van der Waals surface area contributed by atoms with Gasteiger partial charge in [0.25, 0.3) is 0 Å². The second-order valence-corrected chi connectivity index (χ2v) is 7.24. The molecule has 0 N–H and O–H groups in total. The Morgan fingerprint density at radius 2 is 1.65 bits per heavy atom. The van der Waals surface area contributed by atoms with Gasteiger partial charge in [-0.05, 0) is 57.2 Å². The fourth-order valence-electron chi connectivity index (χ4n) is 2.89. The molecule has 2 atom stereocenters. The van der Waals surface area contributed by atoms with Crippen LogP contribution in [0.3, 0.4) is 0 Å². The molecule has 0 aliphatic carbocycles. The van der Waals surface area contributed by atoms with Crippen molar-refractivity contribution in [1.29, 1.82) is 0 Å². The predicted molar refractivity (Wildman–Crippen MR) is 79.4 cm³/mol. The Bertz CT molecular complexity index is 178. The molecule has 0 bridgehead atoms. The van der Waals surface area contributed by atoms with Crippen molar-refractivity contribution in [2.24, 2.45) is 17.3 Å². The smallest absolute Gasteiger partial charge is 0.00247 e. The molecule has 17 heavy (non-hydrogen) atoms. The molecule has 0 heterocycles. The largest absolute Gasteiger partial charge is 0.309 e. The summed E-state index contributed by atoms with van der Waals surface area (Å²) in [5.41, 5.74) is 0.479. The van der Waals surface area contributed by atoms with Gasteiger partial charge in [-0.15, -0.1) is 0 Å². The normalized spacial score (nSPS) is 16.2. The van der Waals surface area contributed by atoms with Crippen LogP contribution in [0, 0.1) is 17.3 Å². The Balaban J connectivity index is 4.11. The summed E-state index contributed by atoms with van der Waals surface area (Å²) < 4.78 is 0. The maximum absolute atomic E-state index is 2.46. The Morgan fingerprint density at radius 3 is 2.06 bits per heavy atom. The van der Waals surface area contributed by atoms with Crippen LogP contribution >= 0.6 is 0 Å². The van der Waals surface area contributed by atoms with Crippen LogP contribution in [0.4, 0.5) is 0 Å². The molecule has 104 valence electrons. The fraction of sp³-hybridized carbons (Fsp3) is 1.00. The summed E-state index contributed by atoms with van der Waals surface area (Å²) >= 11 is 0. The van der Waals surface area contributed by atoms with E-state index in [9.17, 15) is 0 Å². The molecule has 0 rings (SSSR count). The lowest BCUT2D eigenvalue weighted by Crippen LogP contribution is -2.20. The second-order valence-electron chi connectivity index (χ2n) is 7.24. The molecule has 0 spiro atoms. The Labute approximate surface area is 110 Å². The van der Waals surface area contributed by atoms with E-state index >= 15 is 0 Å². The summed E-state index contributed by atoms with van der Waals surface area (Å²) in [6, 6.07) is 0. The van der Waals surface area contributed by atoms with Gasteiger partial charge in [0.05, 0.1) is 0 Å². The first kappa shape index (κ1) is 17.0. The molecular formula is C16H35N. The summed E-state index contributed by atoms with van der Waals surface area (Å²) in [4.78, 5) is 2.30. The van der Waals surface area contributed by atoms with Crippen molar-refractivity contribution in [1.82, 2.24) is 4.90 Å². The minimum absolute atomic E-state index is 0.479. The summed E-state index contributed by atoms with van der Waals surface area (Å²) in [6.45, 7) is 13.1. The van der Waals surface area contributed by atoms with Gasteiger partial charge in [0.2, 0.25) is 0 Å². The van der Waals surface area contributed by atoms with Crippen LogP contribution in [-0.4, -0.2) is 25.5 Å². The van der Waals surface area contributed by atoms with E-state index in [4.69, 9.17) is 0 Å². The number of hydrogen-bond donors (Lipinski definition) is 0. The zero-order chi connectivity index (χ0) is 13.5. The molecule has 0 saturated heterocycles. The highest BCUT2D eigenvalue weighted by Gasteiger charge is 2.22. The minimum atomic E-state index is 0.479. The molecule has 0 aliphatic rings. The van der Waals surface area contributed by atoms with Crippen LogP contribution in [0.2, 0.25) is 0 Å². The van der Waals surface area contributed by atoms with Crippen molar-refractivity contribution in [2.45, 2.75) is 66.7 Å². The van der Waals surface area contributed by atoms with E-state index in [1.165, 1.54) is 38.6 Å². The highest BCUT2D eigenvalue weighted by molar-refractivity contribution is 4.73. The van der Waals surface area contributed by atoms with Crippen LogP contribution in [0.15, 0.2) is 0 Å². The summed E-state index contributed by atoms with van der Waals surface area (Å²) in [6.07, 6.45) is 6.86. The van der Waals surface area contributed by atoms with Crippen molar-refractivity contribution >= 4 is 0 Å². The van der Waals surface area contributed by atoms with Gasteiger partial charge in [0.1, 0.15) is 0 Å². The van der Waals surface area contributed by atoms with Gasteiger partial charge in [-0.2, -0.15) is 0 Å². The van der Waals surface area contributed by atoms with Gasteiger partial charge in [-0.1, -0.05) is 47.5 Å². The van der Waals surface area contributed by atoms with E-state index < -0.39 is 0 Å². The van der Waals surface area contributed by atoms with E-state index in [1.54, 1.807) is 0 Å². The van der Waals surface area contributed by atoms with Crippen molar-refractivity contribution in [3.8, 4) is 0 Å². The van der Waals surface area contributed by atoms with Gasteiger partial charge in [0, 0.05) is 0 Å². The van der Waals surface area contributed by atoms with Crippen molar-refractivity contribution in [3.63, 3.8) is 0 Å². The Kier molecular flexibility index (Phi) is 8.11. The number of nitrogens with zero attached hydrogens (tertiary/aromatic N) is 1. The van der Waals surface area contributed by atoms with Crippen LogP contribution in [-0.2, 0) is 0 Å².